The first kappa shape index (κ1) is 14.6. The topological polar surface area (TPSA) is 15.3 Å². The lowest BCUT2D eigenvalue weighted by molar-refractivity contribution is 0.0394. The summed E-state index contributed by atoms with van der Waals surface area (Å²) in [5, 5.41) is 3.68. The van der Waals surface area contributed by atoms with E-state index in [1.54, 1.807) is 0 Å². The van der Waals surface area contributed by atoms with Crippen LogP contribution in [0.3, 0.4) is 0 Å². The summed E-state index contributed by atoms with van der Waals surface area (Å²) in [6.45, 7) is 4.84. The van der Waals surface area contributed by atoms with Crippen LogP contribution in [0.15, 0.2) is 12.1 Å². The van der Waals surface area contributed by atoms with E-state index in [2.05, 4.69) is 36.3 Å². The molecule has 0 amide bonds. The first-order valence-electron chi connectivity index (χ1n) is 8.25. The Morgan fingerprint density at radius 3 is 2.35 bits per heavy atom. The summed E-state index contributed by atoms with van der Waals surface area (Å²) in [6, 6.07) is 5.15. The van der Waals surface area contributed by atoms with Crippen molar-refractivity contribution in [3.8, 4) is 0 Å². The van der Waals surface area contributed by atoms with Crippen LogP contribution in [-0.4, -0.2) is 30.6 Å². The zero-order valence-corrected chi connectivity index (χ0v) is 13.8. The molecular weight excluding hydrogens is 264 g/mol. The van der Waals surface area contributed by atoms with E-state index in [9.17, 15) is 0 Å². The van der Waals surface area contributed by atoms with Gasteiger partial charge in [0, 0.05) is 15.3 Å². The lowest BCUT2D eigenvalue weighted by Gasteiger charge is -2.48. The highest BCUT2D eigenvalue weighted by Gasteiger charge is 2.46. The van der Waals surface area contributed by atoms with Crippen LogP contribution in [0, 0.1) is 6.92 Å². The zero-order valence-electron chi connectivity index (χ0n) is 13.0. The van der Waals surface area contributed by atoms with Crippen molar-refractivity contribution in [3.63, 3.8) is 0 Å². The highest BCUT2D eigenvalue weighted by Crippen LogP contribution is 2.46. The summed E-state index contributed by atoms with van der Waals surface area (Å²) in [4.78, 5) is 5.81. The number of piperidine rings is 1. The lowest BCUT2D eigenvalue weighted by atomic mass is 9.83. The van der Waals surface area contributed by atoms with Crippen LogP contribution in [-0.2, 0) is 0 Å². The zero-order chi connectivity index (χ0) is 14.0. The number of likely N-dealkylation sites (tertiary alicyclic amines) is 1. The van der Waals surface area contributed by atoms with Gasteiger partial charge in [0.2, 0.25) is 0 Å². The molecule has 2 heterocycles. The van der Waals surface area contributed by atoms with Gasteiger partial charge in [-0.3, -0.25) is 4.90 Å². The maximum Gasteiger partial charge on any atom is 0.0599 e. The van der Waals surface area contributed by atoms with Crippen molar-refractivity contribution in [2.45, 2.75) is 63.5 Å². The average Bonchev–Trinajstić information content (AvgIpc) is 3.12. The molecule has 1 N–H and O–H groups in total. The van der Waals surface area contributed by atoms with Crippen molar-refractivity contribution in [3.05, 3.63) is 21.9 Å². The highest BCUT2D eigenvalue weighted by molar-refractivity contribution is 7.12. The van der Waals surface area contributed by atoms with Gasteiger partial charge in [0.05, 0.1) is 6.04 Å². The van der Waals surface area contributed by atoms with Crippen LogP contribution in [0.25, 0.3) is 0 Å². The van der Waals surface area contributed by atoms with Crippen molar-refractivity contribution < 1.29 is 0 Å². The van der Waals surface area contributed by atoms with E-state index < -0.39 is 0 Å². The Morgan fingerprint density at radius 1 is 1.10 bits per heavy atom. The van der Waals surface area contributed by atoms with Crippen molar-refractivity contribution in [2.75, 3.05) is 20.1 Å². The molecule has 1 atom stereocenters. The summed E-state index contributed by atoms with van der Waals surface area (Å²) in [6.07, 6.45) is 9.75. The number of nitrogens with one attached hydrogen (secondary N) is 1. The van der Waals surface area contributed by atoms with Crippen LogP contribution in [0.4, 0.5) is 0 Å². The molecule has 1 aromatic rings. The maximum absolute atomic E-state index is 3.68. The number of likely N-dealkylation sites (N-methyl/N-ethyl adjacent to an activating group) is 1. The molecule has 1 saturated heterocycles. The minimum atomic E-state index is 0.381. The fourth-order valence-corrected chi connectivity index (χ4v) is 5.50. The van der Waals surface area contributed by atoms with Crippen LogP contribution in [0.1, 0.15) is 60.7 Å². The van der Waals surface area contributed by atoms with Gasteiger partial charge in [-0.05, 0) is 64.9 Å². The SMILES string of the molecule is CNC(c1ccc(C)s1)C1(N2CCCCC2)CCCC1. The summed E-state index contributed by atoms with van der Waals surface area (Å²) < 4.78 is 0. The number of nitrogens with zero attached hydrogens (tertiary/aromatic N) is 1. The number of aryl methyl sites for hydroxylation is 1. The molecule has 1 unspecified atom stereocenters. The normalized spacial score (nSPS) is 24.9. The van der Waals surface area contributed by atoms with Crippen LogP contribution < -0.4 is 5.32 Å². The van der Waals surface area contributed by atoms with Gasteiger partial charge in [0.1, 0.15) is 0 Å². The van der Waals surface area contributed by atoms with E-state index in [1.165, 1.54) is 67.8 Å². The third kappa shape index (κ3) is 2.56. The van der Waals surface area contributed by atoms with Gasteiger partial charge in [-0.1, -0.05) is 19.3 Å². The van der Waals surface area contributed by atoms with Gasteiger partial charge in [-0.25, -0.2) is 0 Å². The molecule has 2 fully saturated rings. The second-order valence-corrected chi connectivity index (χ2v) is 7.85. The van der Waals surface area contributed by atoms with E-state index in [1.807, 2.05) is 11.3 Å². The van der Waals surface area contributed by atoms with Gasteiger partial charge in [0.15, 0.2) is 0 Å². The van der Waals surface area contributed by atoms with Gasteiger partial charge in [0.25, 0.3) is 0 Å². The van der Waals surface area contributed by atoms with Crippen LogP contribution in [0.5, 0.6) is 0 Å². The standard InChI is InChI=1S/C17H28N2S/c1-14-8-9-15(20-14)16(18-2)17(10-4-5-11-17)19-12-6-3-7-13-19/h8-9,16,18H,3-7,10-13H2,1-2H3. The molecule has 0 spiro atoms. The maximum atomic E-state index is 3.68. The Labute approximate surface area is 127 Å². The molecule has 2 aliphatic rings. The number of hydrogen-bond acceptors (Lipinski definition) is 3. The van der Waals surface area contributed by atoms with Gasteiger partial charge >= 0.3 is 0 Å². The first-order chi connectivity index (χ1) is 9.76. The number of rotatable bonds is 4. The van der Waals surface area contributed by atoms with E-state index in [4.69, 9.17) is 0 Å². The van der Waals surface area contributed by atoms with E-state index >= 15 is 0 Å². The predicted octanol–water partition coefficient (Wildman–Crippen LogP) is 4.12. The average molecular weight is 292 g/mol. The summed E-state index contributed by atoms with van der Waals surface area (Å²) in [5.74, 6) is 0. The number of hydrogen-bond donors (Lipinski definition) is 1. The Hall–Kier alpha value is -0.380. The Morgan fingerprint density at radius 2 is 1.80 bits per heavy atom. The van der Waals surface area contributed by atoms with Gasteiger partial charge in [-0.2, -0.15) is 0 Å². The molecular formula is C17H28N2S. The molecule has 3 rings (SSSR count). The smallest absolute Gasteiger partial charge is 0.0599 e. The molecule has 0 bridgehead atoms. The number of thiophene rings is 1. The van der Waals surface area contributed by atoms with Crippen LogP contribution >= 0.6 is 11.3 Å². The van der Waals surface area contributed by atoms with E-state index in [-0.39, 0.29) is 0 Å². The molecule has 1 aliphatic carbocycles. The second-order valence-electron chi connectivity index (χ2n) is 6.53. The Kier molecular flexibility index (Phi) is 4.49. The minimum absolute atomic E-state index is 0.381. The third-order valence-corrected chi connectivity index (χ3v) is 6.39. The fraction of sp³-hybridized carbons (Fsp3) is 0.765. The van der Waals surface area contributed by atoms with Crippen molar-refractivity contribution in [1.82, 2.24) is 10.2 Å². The first-order valence-corrected chi connectivity index (χ1v) is 9.06. The third-order valence-electron chi connectivity index (χ3n) is 5.33. The van der Waals surface area contributed by atoms with Crippen molar-refractivity contribution >= 4 is 11.3 Å². The quantitative estimate of drug-likeness (QED) is 0.898. The Balaban J connectivity index is 1.91. The summed E-state index contributed by atoms with van der Waals surface area (Å²) in [5.41, 5.74) is 0.381. The van der Waals surface area contributed by atoms with Crippen LogP contribution in [0.2, 0.25) is 0 Å². The van der Waals surface area contributed by atoms with Crippen molar-refractivity contribution in [2.24, 2.45) is 0 Å². The molecule has 1 aliphatic heterocycles. The van der Waals surface area contributed by atoms with Gasteiger partial charge < -0.3 is 5.32 Å². The largest absolute Gasteiger partial charge is 0.311 e. The van der Waals surface area contributed by atoms with Gasteiger partial charge in [-0.15, -0.1) is 11.3 Å². The summed E-state index contributed by atoms with van der Waals surface area (Å²) in [7, 11) is 2.16. The molecule has 2 nitrogen and oxygen atoms in total. The minimum Gasteiger partial charge on any atom is -0.311 e. The summed E-state index contributed by atoms with van der Waals surface area (Å²) >= 11 is 1.98. The monoisotopic (exact) mass is 292 g/mol. The predicted molar refractivity (Wildman–Crippen MR) is 87.5 cm³/mol. The molecule has 1 aromatic heterocycles. The molecule has 0 radical (unpaired) electrons. The molecule has 1 saturated carbocycles. The van der Waals surface area contributed by atoms with E-state index in [0.717, 1.165) is 0 Å². The second kappa shape index (κ2) is 6.17. The Bertz CT molecular complexity index is 428. The van der Waals surface area contributed by atoms with Crippen molar-refractivity contribution in [1.29, 1.82) is 0 Å². The molecule has 3 heteroatoms. The fourth-order valence-electron chi connectivity index (χ4n) is 4.40. The molecule has 20 heavy (non-hydrogen) atoms. The lowest BCUT2D eigenvalue weighted by Crippen LogP contribution is -2.55. The van der Waals surface area contributed by atoms with E-state index in [0.29, 0.717) is 11.6 Å². The molecule has 0 aromatic carbocycles. The highest BCUT2D eigenvalue weighted by atomic mass is 32.1. The molecule has 112 valence electrons.